The van der Waals surface area contributed by atoms with E-state index >= 15 is 0 Å². The molecule has 1 amide bonds. The zero-order valence-corrected chi connectivity index (χ0v) is 12.7. The van der Waals surface area contributed by atoms with Gasteiger partial charge in [-0.15, -0.1) is 11.8 Å². The quantitative estimate of drug-likeness (QED) is 0.876. The molecule has 1 atom stereocenters. The molecule has 0 aliphatic carbocycles. The Kier molecular flexibility index (Phi) is 5.81. The van der Waals surface area contributed by atoms with Crippen molar-refractivity contribution in [3.05, 3.63) is 71.5 Å². The van der Waals surface area contributed by atoms with Crippen LogP contribution in [0.2, 0.25) is 0 Å². The molecule has 0 radical (unpaired) electrons. The fraction of sp³-hybridized carbons (Fsp3) is 0.235. The summed E-state index contributed by atoms with van der Waals surface area (Å²) in [4.78, 5) is 11.8. The van der Waals surface area contributed by atoms with Gasteiger partial charge in [0.15, 0.2) is 0 Å². The maximum absolute atomic E-state index is 12.8. The molecule has 0 aliphatic rings. The number of carbonyl (C=O) groups is 1. The number of amides is 1. The molecule has 21 heavy (non-hydrogen) atoms. The highest BCUT2D eigenvalue weighted by molar-refractivity contribution is 8.00. The van der Waals surface area contributed by atoms with Crippen LogP contribution >= 0.6 is 11.8 Å². The Bertz CT molecular complexity index is 571. The van der Waals surface area contributed by atoms with Crippen LogP contribution in [0.1, 0.15) is 23.3 Å². The molecule has 0 heterocycles. The highest BCUT2D eigenvalue weighted by Gasteiger charge is 2.08. The summed E-state index contributed by atoms with van der Waals surface area (Å²) in [6.07, 6.45) is 0. The predicted molar refractivity (Wildman–Crippen MR) is 85.6 cm³/mol. The van der Waals surface area contributed by atoms with Crippen molar-refractivity contribution < 1.29 is 9.18 Å². The minimum Gasteiger partial charge on any atom is -0.351 e. The van der Waals surface area contributed by atoms with Gasteiger partial charge in [-0.2, -0.15) is 0 Å². The summed E-state index contributed by atoms with van der Waals surface area (Å²) in [6, 6.07) is 16.3. The Morgan fingerprint density at radius 2 is 1.81 bits per heavy atom. The van der Waals surface area contributed by atoms with Gasteiger partial charge in [0.1, 0.15) is 5.82 Å². The van der Waals surface area contributed by atoms with Crippen LogP contribution in [0.15, 0.2) is 54.6 Å². The molecular weight excluding hydrogens is 285 g/mol. The Morgan fingerprint density at radius 1 is 1.14 bits per heavy atom. The number of carbonyl (C=O) groups excluding carboxylic acids is 1. The zero-order valence-electron chi connectivity index (χ0n) is 11.9. The summed E-state index contributed by atoms with van der Waals surface area (Å²) in [5, 5.41) is 3.12. The normalized spacial score (nSPS) is 11.9. The number of benzene rings is 2. The lowest BCUT2D eigenvalue weighted by molar-refractivity contribution is -0.118. The van der Waals surface area contributed by atoms with Gasteiger partial charge in [-0.05, 0) is 30.2 Å². The molecule has 0 saturated carbocycles. The predicted octanol–water partition coefficient (Wildman–Crippen LogP) is 3.94. The SMILES string of the molecule is C[C@H](SCC(=O)NCc1ccc(F)cc1)c1ccccc1. The Labute approximate surface area is 128 Å². The van der Waals surface area contributed by atoms with Crippen LogP contribution in [-0.2, 0) is 11.3 Å². The summed E-state index contributed by atoms with van der Waals surface area (Å²) in [6.45, 7) is 2.52. The largest absolute Gasteiger partial charge is 0.351 e. The Balaban J connectivity index is 1.73. The number of hydrogen-bond acceptors (Lipinski definition) is 2. The fourth-order valence-electron chi connectivity index (χ4n) is 1.87. The van der Waals surface area contributed by atoms with E-state index < -0.39 is 0 Å². The molecule has 2 aromatic rings. The maximum atomic E-state index is 12.8. The Morgan fingerprint density at radius 3 is 2.48 bits per heavy atom. The van der Waals surface area contributed by atoms with E-state index in [-0.39, 0.29) is 17.0 Å². The second-order valence-electron chi connectivity index (χ2n) is 4.77. The van der Waals surface area contributed by atoms with Crippen molar-refractivity contribution in [2.75, 3.05) is 5.75 Å². The summed E-state index contributed by atoms with van der Waals surface area (Å²) in [7, 11) is 0. The van der Waals surface area contributed by atoms with E-state index in [1.165, 1.54) is 17.7 Å². The van der Waals surface area contributed by atoms with Crippen molar-refractivity contribution >= 4 is 17.7 Å². The van der Waals surface area contributed by atoms with Crippen molar-refractivity contribution in [2.24, 2.45) is 0 Å². The van der Waals surface area contributed by atoms with Gasteiger partial charge in [0, 0.05) is 11.8 Å². The first-order valence-electron chi connectivity index (χ1n) is 6.83. The van der Waals surface area contributed by atoms with Crippen molar-refractivity contribution in [3.63, 3.8) is 0 Å². The van der Waals surface area contributed by atoms with Crippen LogP contribution in [0.25, 0.3) is 0 Å². The molecule has 0 bridgehead atoms. The average Bonchev–Trinajstić information content (AvgIpc) is 2.53. The van der Waals surface area contributed by atoms with E-state index in [4.69, 9.17) is 0 Å². The lowest BCUT2D eigenvalue weighted by Crippen LogP contribution is -2.24. The third-order valence-electron chi connectivity index (χ3n) is 3.14. The fourth-order valence-corrected chi connectivity index (χ4v) is 2.73. The maximum Gasteiger partial charge on any atom is 0.230 e. The van der Waals surface area contributed by atoms with Gasteiger partial charge in [-0.25, -0.2) is 4.39 Å². The van der Waals surface area contributed by atoms with E-state index in [0.717, 1.165) is 5.56 Å². The van der Waals surface area contributed by atoms with E-state index in [9.17, 15) is 9.18 Å². The third kappa shape index (κ3) is 5.23. The van der Waals surface area contributed by atoms with Gasteiger partial charge in [0.25, 0.3) is 0 Å². The van der Waals surface area contributed by atoms with Gasteiger partial charge in [0.05, 0.1) is 5.75 Å². The van der Waals surface area contributed by atoms with E-state index in [1.54, 1.807) is 23.9 Å². The van der Waals surface area contributed by atoms with E-state index in [0.29, 0.717) is 12.3 Å². The minimum atomic E-state index is -0.266. The van der Waals surface area contributed by atoms with Crippen molar-refractivity contribution in [1.29, 1.82) is 0 Å². The molecule has 0 spiro atoms. The van der Waals surface area contributed by atoms with Gasteiger partial charge in [-0.1, -0.05) is 42.5 Å². The van der Waals surface area contributed by atoms with Crippen LogP contribution in [0, 0.1) is 5.82 Å². The lowest BCUT2D eigenvalue weighted by atomic mass is 10.2. The first-order valence-corrected chi connectivity index (χ1v) is 7.87. The number of halogens is 1. The van der Waals surface area contributed by atoms with Gasteiger partial charge < -0.3 is 5.32 Å². The van der Waals surface area contributed by atoms with E-state index in [1.807, 2.05) is 18.2 Å². The van der Waals surface area contributed by atoms with Crippen molar-refractivity contribution in [1.82, 2.24) is 5.32 Å². The molecule has 0 saturated heterocycles. The monoisotopic (exact) mass is 303 g/mol. The third-order valence-corrected chi connectivity index (χ3v) is 4.34. The van der Waals surface area contributed by atoms with E-state index in [2.05, 4.69) is 24.4 Å². The highest BCUT2D eigenvalue weighted by Crippen LogP contribution is 2.27. The number of rotatable bonds is 6. The van der Waals surface area contributed by atoms with Gasteiger partial charge in [-0.3, -0.25) is 4.79 Å². The van der Waals surface area contributed by atoms with Crippen LogP contribution in [0.5, 0.6) is 0 Å². The highest BCUT2D eigenvalue weighted by atomic mass is 32.2. The van der Waals surface area contributed by atoms with Crippen LogP contribution in [0.3, 0.4) is 0 Å². The average molecular weight is 303 g/mol. The first kappa shape index (κ1) is 15.6. The molecule has 2 rings (SSSR count). The zero-order chi connectivity index (χ0) is 15.1. The standard InChI is InChI=1S/C17H18FNOS/c1-13(15-5-3-2-4-6-15)21-12-17(20)19-11-14-7-9-16(18)10-8-14/h2-10,13H,11-12H2,1H3,(H,19,20)/t13-/m0/s1. The van der Waals surface area contributed by atoms with Crippen LogP contribution in [0.4, 0.5) is 4.39 Å². The van der Waals surface area contributed by atoms with Gasteiger partial charge in [0.2, 0.25) is 5.91 Å². The first-order chi connectivity index (χ1) is 10.1. The lowest BCUT2D eigenvalue weighted by Gasteiger charge is -2.11. The molecule has 1 N–H and O–H groups in total. The molecule has 4 heteroatoms. The smallest absolute Gasteiger partial charge is 0.230 e. The summed E-state index contributed by atoms with van der Waals surface area (Å²) >= 11 is 1.60. The topological polar surface area (TPSA) is 29.1 Å². The molecule has 110 valence electrons. The van der Waals surface area contributed by atoms with Crippen LogP contribution < -0.4 is 5.32 Å². The van der Waals surface area contributed by atoms with Crippen molar-refractivity contribution in [3.8, 4) is 0 Å². The van der Waals surface area contributed by atoms with Crippen LogP contribution in [-0.4, -0.2) is 11.7 Å². The second kappa shape index (κ2) is 7.84. The summed E-state index contributed by atoms with van der Waals surface area (Å²) in [5.41, 5.74) is 2.11. The molecule has 2 nitrogen and oxygen atoms in total. The molecule has 0 fully saturated rings. The molecule has 0 aromatic heterocycles. The molecule has 0 aliphatic heterocycles. The Hall–Kier alpha value is -1.81. The summed E-state index contributed by atoms with van der Waals surface area (Å²) in [5.74, 6) is 0.140. The molecule has 2 aromatic carbocycles. The van der Waals surface area contributed by atoms with Crippen molar-refractivity contribution in [2.45, 2.75) is 18.7 Å². The number of hydrogen-bond donors (Lipinski definition) is 1. The molecule has 0 unspecified atom stereocenters. The number of thioether (sulfide) groups is 1. The summed E-state index contributed by atoms with van der Waals surface area (Å²) < 4.78 is 12.8. The minimum absolute atomic E-state index is 0.00731. The second-order valence-corrected chi connectivity index (χ2v) is 6.10. The van der Waals surface area contributed by atoms with Gasteiger partial charge >= 0.3 is 0 Å². The number of nitrogens with one attached hydrogen (secondary N) is 1. The molecular formula is C17H18FNOS.